The smallest absolute Gasteiger partial charge is 0.241 e. The van der Waals surface area contributed by atoms with Crippen molar-refractivity contribution >= 4 is 11.9 Å². The number of benzene rings is 1. The Morgan fingerprint density at radius 3 is 2.46 bits per heavy atom. The molecule has 2 atom stereocenters. The minimum atomic E-state index is -0.00653. The van der Waals surface area contributed by atoms with Gasteiger partial charge in [0.15, 0.2) is 5.96 Å². The van der Waals surface area contributed by atoms with Gasteiger partial charge in [0.1, 0.15) is 6.54 Å². The summed E-state index contributed by atoms with van der Waals surface area (Å²) in [5, 5.41) is 6.34. The summed E-state index contributed by atoms with van der Waals surface area (Å²) >= 11 is 0. The molecule has 1 heterocycles. The van der Waals surface area contributed by atoms with Gasteiger partial charge in [-0.3, -0.25) is 4.79 Å². The standard InChI is InChI=1S/C21H32N4O/c1-2-22-21(25-15-18-10-6-7-11-19(18)16-25)24-14-20(26)23-13-12-17-8-4-3-5-9-17/h3-5,8-9,18-19H,2,6-7,10-16H2,1H3,(H,22,24)(H,23,26). The lowest BCUT2D eigenvalue weighted by atomic mass is 9.82. The number of guanidine groups is 1. The lowest BCUT2D eigenvalue weighted by Crippen LogP contribution is -2.41. The average Bonchev–Trinajstić information content (AvgIpc) is 3.10. The molecule has 3 rings (SSSR count). The van der Waals surface area contributed by atoms with Crippen molar-refractivity contribution in [1.29, 1.82) is 0 Å². The third-order valence-electron chi connectivity index (χ3n) is 5.56. The van der Waals surface area contributed by atoms with Crippen molar-refractivity contribution in [2.24, 2.45) is 16.8 Å². The van der Waals surface area contributed by atoms with Crippen LogP contribution in [0.2, 0.25) is 0 Å². The molecule has 5 heteroatoms. The lowest BCUT2D eigenvalue weighted by Gasteiger charge is -2.22. The Morgan fingerprint density at radius 1 is 1.12 bits per heavy atom. The van der Waals surface area contributed by atoms with Gasteiger partial charge in [-0.25, -0.2) is 4.99 Å². The van der Waals surface area contributed by atoms with E-state index in [1.165, 1.54) is 31.2 Å². The van der Waals surface area contributed by atoms with Crippen LogP contribution in [-0.2, 0) is 11.2 Å². The molecule has 1 aliphatic carbocycles. The maximum atomic E-state index is 12.1. The fraction of sp³-hybridized carbons (Fsp3) is 0.619. The molecule has 0 aromatic heterocycles. The van der Waals surface area contributed by atoms with Gasteiger partial charge < -0.3 is 15.5 Å². The van der Waals surface area contributed by atoms with Crippen LogP contribution in [-0.4, -0.2) is 49.5 Å². The van der Waals surface area contributed by atoms with Crippen molar-refractivity contribution in [1.82, 2.24) is 15.5 Å². The average molecular weight is 357 g/mol. The molecule has 2 unspecified atom stereocenters. The van der Waals surface area contributed by atoms with Gasteiger partial charge in [-0.05, 0) is 43.6 Å². The topological polar surface area (TPSA) is 56.7 Å². The number of nitrogens with one attached hydrogen (secondary N) is 2. The van der Waals surface area contributed by atoms with Crippen molar-refractivity contribution in [3.63, 3.8) is 0 Å². The second-order valence-electron chi connectivity index (χ2n) is 7.47. The SMILES string of the molecule is CCNC(=NCC(=O)NCCc1ccccc1)N1CC2CCCCC2C1. The Morgan fingerprint density at radius 2 is 1.81 bits per heavy atom. The summed E-state index contributed by atoms with van der Waals surface area (Å²) in [6.07, 6.45) is 6.28. The number of rotatable bonds is 6. The van der Waals surface area contributed by atoms with Crippen molar-refractivity contribution in [2.45, 2.75) is 39.0 Å². The highest BCUT2D eigenvalue weighted by Gasteiger charge is 2.35. The molecule has 5 nitrogen and oxygen atoms in total. The maximum Gasteiger partial charge on any atom is 0.241 e. The fourth-order valence-electron chi connectivity index (χ4n) is 4.20. The summed E-state index contributed by atoms with van der Waals surface area (Å²) in [4.78, 5) is 19.1. The van der Waals surface area contributed by atoms with E-state index >= 15 is 0 Å². The minimum Gasteiger partial charge on any atom is -0.357 e. The van der Waals surface area contributed by atoms with Crippen LogP contribution in [0.3, 0.4) is 0 Å². The van der Waals surface area contributed by atoms with Crippen LogP contribution in [0.5, 0.6) is 0 Å². The number of likely N-dealkylation sites (tertiary alicyclic amines) is 1. The molecular formula is C21H32N4O. The summed E-state index contributed by atoms with van der Waals surface area (Å²) in [7, 11) is 0. The number of fused-ring (bicyclic) bond motifs is 1. The highest BCUT2D eigenvalue weighted by atomic mass is 16.1. The van der Waals surface area contributed by atoms with Crippen molar-refractivity contribution < 1.29 is 4.79 Å². The summed E-state index contributed by atoms with van der Waals surface area (Å²) in [6, 6.07) is 10.2. The highest BCUT2D eigenvalue weighted by Crippen LogP contribution is 2.35. The monoisotopic (exact) mass is 356 g/mol. The molecule has 1 aromatic carbocycles. The Labute approximate surface area is 157 Å². The Bertz CT molecular complexity index is 587. The molecule has 2 fully saturated rings. The van der Waals surface area contributed by atoms with E-state index in [9.17, 15) is 4.79 Å². The molecule has 2 aliphatic rings. The second kappa shape index (κ2) is 9.60. The van der Waals surface area contributed by atoms with Gasteiger partial charge >= 0.3 is 0 Å². The number of aliphatic imine (C=N–C) groups is 1. The zero-order chi connectivity index (χ0) is 18.2. The van der Waals surface area contributed by atoms with E-state index < -0.39 is 0 Å². The van der Waals surface area contributed by atoms with E-state index in [0.29, 0.717) is 6.54 Å². The predicted molar refractivity (Wildman–Crippen MR) is 106 cm³/mol. The number of hydrogen-bond donors (Lipinski definition) is 2. The lowest BCUT2D eigenvalue weighted by molar-refractivity contribution is -0.119. The van der Waals surface area contributed by atoms with Gasteiger partial charge in [-0.15, -0.1) is 0 Å². The zero-order valence-corrected chi connectivity index (χ0v) is 15.9. The molecule has 26 heavy (non-hydrogen) atoms. The van der Waals surface area contributed by atoms with Crippen LogP contribution in [0.15, 0.2) is 35.3 Å². The van der Waals surface area contributed by atoms with Crippen LogP contribution in [0.25, 0.3) is 0 Å². The van der Waals surface area contributed by atoms with Gasteiger partial charge in [0, 0.05) is 26.2 Å². The summed E-state index contributed by atoms with van der Waals surface area (Å²) in [5.74, 6) is 2.52. The number of carbonyl (C=O) groups excluding carboxylic acids is 1. The molecular weight excluding hydrogens is 324 g/mol. The molecule has 0 spiro atoms. The summed E-state index contributed by atoms with van der Waals surface area (Å²) < 4.78 is 0. The predicted octanol–water partition coefficient (Wildman–Crippen LogP) is 2.43. The largest absolute Gasteiger partial charge is 0.357 e. The third kappa shape index (κ3) is 5.23. The van der Waals surface area contributed by atoms with Crippen LogP contribution in [0, 0.1) is 11.8 Å². The van der Waals surface area contributed by atoms with Gasteiger partial charge in [-0.1, -0.05) is 43.2 Å². The van der Waals surface area contributed by atoms with Gasteiger partial charge in [0.05, 0.1) is 0 Å². The molecule has 1 aromatic rings. The van der Waals surface area contributed by atoms with Gasteiger partial charge in [-0.2, -0.15) is 0 Å². The summed E-state index contributed by atoms with van der Waals surface area (Å²) in [6.45, 7) is 5.95. The first kappa shape index (κ1) is 18.7. The molecule has 1 saturated heterocycles. The molecule has 1 amide bonds. The molecule has 0 radical (unpaired) electrons. The van der Waals surface area contributed by atoms with Crippen LogP contribution in [0.1, 0.15) is 38.2 Å². The van der Waals surface area contributed by atoms with Crippen LogP contribution in [0.4, 0.5) is 0 Å². The molecule has 0 bridgehead atoms. The number of hydrogen-bond acceptors (Lipinski definition) is 2. The number of carbonyl (C=O) groups is 1. The van der Waals surface area contributed by atoms with Gasteiger partial charge in [0.2, 0.25) is 5.91 Å². The van der Waals surface area contributed by atoms with Crippen LogP contribution >= 0.6 is 0 Å². The van der Waals surface area contributed by atoms with E-state index in [1.54, 1.807) is 0 Å². The molecule has 142 valence electrons. The second-order valence-corrected chi connectivity index (χ2v) is 7.47. The maximum absolute atomic E-state index is 12.1. The molecule has 1 aliphatic heterocycles. The Balaban J connectivity index is 1.46. The van der Waals surface area contributed by atoms with Crippen molar-refractivity contribution in [3.8, 4) is 0 Å². The van der Waals surface area contributed by atoms with E-state index in [-0.39, 0.29) is 12.5 Å². The number of nitrogens with zero attached hydrogens (tertiary/aromatic N) is 2. The summed E-state index contributed by atoms with van der Waals surface area (Å²) in [5.41, 5.74) is 1.24. The normalized spacial score (nSPS) is 22.8. The van der Waals surface area contributed by atoms with E-state index in [1.807, 2.05) is 18.2 Å². The first-order valence-corrected chi connectivity index (χ1v) is 10.1. The number of amides is 1. The van der Waals surface area contributed by atoms with E-state index in [4.69, 9.17) is 0 Å². The fourth-order valence-corrected chi connectivity index (χ4v) is 4.20. The van der Waals surface area contributed by atoms with E-state index in [0.717, 1.165) is 43.9 Å². The third-order valence-corrected chi connectivity index (χ3v) is 5.56. The highest BCUT2D eigenvalue weighted by molar-refractivity contribution is 5.85. The molecule has 1 saturated carbocycles. The Hall–Kier alpha value is -2.04. The van der Waals surface area contributed by atoms with E-state index in [2.05, 4.69) is 39.6 Å². The van der Waals surface area contributed by atoms with Gasteiger partial charge in [0.25, 0.3) is 0 Å². The minimum absolute atomic E-state index is 0.00653. The first-order chi connectivity index (χ1) is 12.8. The quantitative estimate of drug-likeness (QED) is 0.608. The van der Waals surface area contributed by atoms with Crippen LogP contribution < -0.4 is 10.6 Å². The Kier molecular flexibility index (Phi) is 6.92. The van der Waals surface area contributed by atoms with Crippen molar-refractivity contribution in [2.75, 3.05) is 32.7 Å². The van der Waals surface area contributed by atoms with Crippen molar-refractivity contribution in [3.05, 3.63) is 35.9 Å². The zero-order valence-electron chi connectivity index (χ0n) is 15.9. The first-order valence-electron chi connectivity index (χ1n) is 10.1. The molecule has 2 N–H and O–H groups in total.